The topological polar surface area (TPSA) is 74.7 Å². The third-order valence-electron chi connectivity index (χ3n) is 3.99. The van der Waals surface area contributed by atoms with Crippen LogP contribution in [-0.4, -0.2) is 33.5 Å². The molecule has 1 aliphatic rings. The van der Waals surface area contributed by atoms with E-state index in [-0.39, 0.29) is 11.9 Å². The van der Waals surface area contributed by atoms with E-state index in [2.05, 4.69) is 25.2 Å². The Morgan fingerprint density at radius 1 is 1.48 bits per heavy atom. The number of aromatic amines is 1. The van der Waals surface area contributed by atoms with Crippen molar-refractivity contribution in [1.82, 2.24) is 25.2 Å². The molecule has 3 heterocycles. The minimum atomic E-state index is -0.135. The summed E-state index contributed by atoms with van der Waals surface area (Å²) >= 11 is 0. The molecule has 2 aromatic rings. The van der Waals surface area contributed by atoms with E-state index in [9.17, 15) is 4.79 Å². The summed E-state index contributed by atoms with van der Waals surface area (Å²) in [4.78, 5) is 19.7. The van der Waals surface area contributed by atoms with Crippen molar-refractivity contribution in [3.05, 3.63) is 42.2 Å². The largest absolute Gasteiger partial charge is 0.347 e. The SMILES string of the molecule is CC(NC(=O)c1cccn1C1CCNCC1)c1ncc[nH]1. The van der Waals surface area contributed by atoms with E-state index in [1.165, 1.54) is 0 Å². The molecule has 0 bridgehead atoms. The van der Waals surface area contributed by atoms with E-state index >= 15 is 0 Å². The minimum Gasteiger partial charge on any atom is -0.347 e. The average molecular weight is 287 g/mol. The summed E-state index contributed by atoms with van der Waals surface area (Å²) in [6.45, 7) is 3.94. The molecule has 21 heavy (non-hydrogen) atoms. The van der Waals surface area contributed by atoms with Crippen LogP contribution < -0.4 is 10.6 Å². The van der Waals surface area contributed by atoms with Gasteiger partial charge in [0, 0.05) is 24.6 Å². The molecule has 112 valence electrons. The van der Waals surface area contributed by atoms with Crippen LogP contribution in [0.4, 0.5) is 0 Å². The average Bonchev–Trinajstić information content (AvgIpc) is 3.19. The lowest BCUT2D eigenvalue weighted by molar-refractivity contribution is 0.0925. The molecule has 6 nitrogen and oxygen atoms in total. The number of amides is 1. The molecule has 6 heteroatoms. The molecule has 1 aliphatic heterocycles. The van der Waals surface area contributed by atoms with Gasteiger partial charge in [0.2, 0.25) is 0 Å². The predicted octanol–water partition coefficient (Wildman–Crippen LogP) is 1.63. The lowest BCUT2D eigenvalue weighted by atomic mass is 10.1. The summed E-state index contributed by atoms with van der Waals surface area (Å²) in [6, 6.07) is 4.09. The molecule has 0 spiro atoms. The Hall–Kier alpha value is -2.08. The lowest BCUT2D eigenvalue weighted by Gasteiger charge is -2.26. The lowest BCUT2D eigenvalue weighted by Crippen LogP contribution is -2.33. The second-order valence-electron chi connectivity index (χ2n) is 5.45. The molecule has 1 atom stereocenters. The number of carbonyl (C=O) groups excluding carboxylic acids is 1. The number of aromatic nitrogens is 3. The molecule has 1 saturated heterocycles. The highest BCUT2D eigenvalue weighted by Crippen LogP contribution is 2.21. The van der Waals surface area contributed by atoms with Crippen LogP contribution in [0.5, 0.6) is 0 Å². The minimum absolute atomic E-state index is 0.0533. The first-order valence-corrected chi connectivity index (χ1v) is 7.43. The van der Waals surface area contributed by atoms with Crippen LogP contribution in [0.2, 0.25) is 0 Å². The Bertz CT molecular complexity index is 583. The Morgan fingerprint density at radius 2 is 2.29 bits per heavy atom. The maximum atomic E-state index is 12.5. The molecule has 0 radical (unpaired) electrons. The van der Waals surface area contributed by atoms with Gasteiger partial charge in [-0.3, -0.25) is 4.79 Å². The van der Waals surface area contributed by atoms with Crippen LogP contribution in [0, 0.1) is 0 Å². The van der Waals surface area contributed by atoms with Gasteiger partial charge >= 0.3 is 0 Å². The van der Waals surface area contributed by atoms with Gasteiger partial charge in [-0.25, -0.2) is 4.98 Å². The van der Waals surface area contributed by atoms with Crippen molar-refractivity contribution in [2.24, 2.45) is 0 Å². The van der Waals surface area contributed by atoms with Crippen molar-refractivity contribution in [1.29, 1.82) is 0 Å². The predicted molar refractivity (Wildman–Crippen MR) is 80.0 cm³/mol. The van der Waals surface area contributed by atoms with E-state index in [1.807, 2.05) is 25.3 Å². The molecule has 3 rings (SSSR count). The van der Waals surface area contributed by atoms with Crippen molar-refractivity contribution >= 4 is 5.91 Å². The summed E-state index contributed by atoms with van der Waals surface area (Å²) in [5.41, 5.74) is 0.723. The Labute approximate surface area is 124 Å². The van der Waals surface area contributed by atoms with Crippen LogP contribution in [0.15, 0.2) is 30.7 Å². The van der Waals surface area contributed by atoms with Crippen LogP contribution in [-0.2, 0) is 0 Å². The molecule has 0 aliphatic carbocycles. The normalized spacial score (nSPS) is 17.6. The second-order valence-corrected chi connectivity index (χ2v) is 5.45. The summed E-state index contributed by atoms with van der Waals surface area (Å²) in [5, 5.41) is 6.34. The van der Waals surface area contributed by atoms with E-state index < -0.39 is 0 Å². The number of imidazole rings is 1. The van der Waals surface area contributed by atoms with E-state index in [0.29, 0.717) is 6.04 Å². The van der Waals surface area contributed by atoms with Crippen molar-refractivity contribution < 1.29 is 4.79 Å². The van der Waals surface area contributed by atoms with Gasteiger partial charge in [-0.15, -0.1) is 0 Å². The third kappa shape index (κ3) is 3.00. The van der Waals surface area contributed by atoms with Gasteiger partial charge < -0.3 is 20.2 Å². The summed E-state index contributed by atoms with van der Waals surface area (Å²) in [5.74, 6) is 0.714. The number of rotatable bonds is 4. The number of piperidine rings is 1. The first-order chi connectivity index (χ1) is 10.3. The quantitative estimate of drug-likeness (QED) is 0.800. The maximum Gasteiger partial charge on any atom is 0.268 e. The van der Waals surface area contributed by atoms with Gasteiger partial charge in [-0.2, -0.15) is 0 Å². The number of H-pyrrole nitrogens is 1. The molecule has 1 amide bonds. The number of nitrogens with zero attached hydrogens (tertiary/aromatic N) is 2. The zero-order chi connectivity index (χ0) is 14.7. The van der Waals surface area contributed by atoms with Gasteiger partial charge in [0.1, 0.15) is 11.5 Å². The molecule has 1 unspecified atom stereocenters. The zero-order valence-electron chi connectivity index (χ0n) is 12.2. The van der Waals surface area contributed by atoms with Crippen LogP contribution in [0.25, 0.3) is 0 Å². The van der Waals surface area contributed by atoms with Crippen molar-refractivity contribution in [3.8, 4) is 0 Å². The molecule has 0 aromatic carbocycles. The van der Waals surface area contributed by atoms with Gasteiger partial charge in [0.15, 0.2) is 0 Å². The van der Waals surface area contributed by atoms with Crippen LogP contribution in [0.3, 0.4) is 0 Å². The highest BCUT2D eigenvalue weighted by atomic mass is 16.2. The van der Waals surface area contributed by atoms with E-state index in [0.717, 1.165) is 37.4 Å². The van der Waals surface area contributed by atoms with Gasteiger partial charge in [0.25, 0.3) is 5.91 Å². The Balaban J connectivity index is 1.71. The van der Waals surface area contributed by atoms with Gasteiger partial charge in [0.05, 0.1) is 6.04 Å². The van der Waals surface area contributed by atoms with Crippen LogP contribution in [0.1, 0.15) is 48.2 Å². The zero-order valence-corrected chi connectivity index (χ0v) is 12.2. The monoisotopic (exact) mass is 287 g/mol. The highest BCUT2D eigenvalue weighted by molar-refractivity contribution is 5.93. The number of carbonyl (C=O) groups is 1. The fourth-order valence-corrected chi connectivity index (χ4v) is 2.84. The fourth-order valence-electron chi connectivity index (χ4n) is 2.84. The first kappa shape index (κ1) is 13.9. The Morgan fingerprint density at radius 3 is 3.00 bits per heavy atom. The first-order valence-electron chi connectivity index (χ1n) is 7.43. The Kier molecular flexibility index (Phi) is 4.06. The van der Waals surface area contributed by atoms with E-state index in [4.69, 9.17) is 0 Å². The standard InChI is InChI=1S/C15H21N5O/c1-11(14-17-8-9-18-14)19-15(21)13-3-2-10-20(13)12-4-6-16-7-5-12/h2-3,8-12,16H,4-7H2,1H3,(H,17,18)(H,19,21). The number of hydrogen-bond donors (Lipinski definition) is 3. The summed E-state index contributed by atoms with van der Waals surface area (Å²) in [7, 11) is 0. The molecule has 1 fully saturated rings. The molecular weight excluding hydrogens is 266 g/mol. The van der Waals surface area contributed by atoms with Crippen molar-refractivity contribution in [2.75, 3.05) is 13.1 Å². The maximum absolute atomic E-state index is 12.5. The third-order valence-corrected chi connectivity index (χ3v) is 3.99. The number of hydrogen-bond acceptors (Lipinski definition) is 3. The van der Waals surface area contributed by atoms with Gasteiger partial charge in [-0.1, -0.05) is 0 Å². The molecule has 3 N–H and O–H groups in total. The van der Waals surface area contributed by atoms with Gasteiger partial charge in [-0.05, 0) is 45.0 Å². The van der Waals surface area contributed by atoms with Crippen molar-refractivity contribution in [3.63, 3.8) is 0 Å². The summed E-state index contributed by atoms with van der Waals surface area (Å²) < 4.78 is 2.10. The fraction of sp³-hybridized carbons (Fsp3) is 0.467. The van der Waals surface area contributed by atoms with Crippen molar-refractivity contribution in [2.45, 2.75) is 31.8 Å². The smallest absolute Gasteiger partial charge is 0.268 e. The number of nitrogens with one attached hydrogen (secondary N) is 3. The molecular formula is C15H21N5O. The molecule has 0 saturated carbocycles. The second kappa shape index (κ2) is 6.13. The van der Waals surface area contributed by atoms with E-state index in [1.54, 1.807) is 12.4 Å². The highest BCUT2D eigenvalue weighted by Gasteiger charge is 2.21. The summed E-state index contributed by atoms with van der Waals surface area (Å²) in [6.07, 6.45) is 7.57. The van der Waals surface area contributed by atoms with Crippen LogP contribution >= 0.6 is 0 Å². The molecule has 2 aromatic heterocycles.